The van der Waals surface area contributed by atoms with Gasteiger partial charge < -0.3 is 25.2 Å². The van der Waals surface area contributed by atoms with Gasteiger partial charge in [-0.1, -0.05) is 54.6 Å². The lowest BCUT2D eigenvalue weighted by Crippen LogP contribution is -2.62. The van der Waals surface area contributed by atoms with Crippen LogP contribution < -0.4 is 0 Å². The molecule has 1 aliphatic heterocycles. The Morgan fingerprint density at radius 2 is 1.53 bits per heavy atom. The van der Waals surface area contributed by atoms with Gasteiger partial charge in [0.05, 0.1) is 25.4 Å². The number of benzene rings is 2. The van der Waals surface area contributed by atoms with Gasteiger partial charge in [-0.3, -0.25) is 4.90 Å². The van der Waals surface area contributed by atoms with E-state index in [1.54, 1.807) is 0 Å². The highest BCUT2D eigenvalue weighted by Crippen LogP contribution is 2.20. The van der Waals surface area contributed by atoms with Crippen LogP contribution in [0.2, 0.25) is 0 Å². The topological polar surface area (TPSA) is 93.4 Å². The number of aliphatic hydroxyl groups excluding tert-OH is 4. The van der Waals surface area contributed by atoms with Crippen molar-refractivity contribution in [3.8, 4) is 11.1 Å². The van der Waals surface area contributed by atoms with Crippen LogP contribution in [0.3, 0.4) is 0 Å². The van der Waals surface area contributed by atoms with Crippen LogP contribution in [0, 0.1) is 0 Å². The zero-order valence-corrected chi connectivity index (χ0v) is 17.3. The summed E-state index contributed by atoms with van der Waals surface area (Å²) < 4.78 is 5.78. The van der Waals surface area contributed by atoms with Crippen LogP contribution in [-0.2, 0) is 11.3 Å². The predicted molar refractivity (Wildman–Crippen MR) is 116 cm³/mol. The molecule has 30 heavy (non-hydrogen) atoms. The molecule has 1 unspecified atom stereocenters. The molecule has 0 saturated carbocycles. The first-order chi connectivity index (χ1) is 14.6. The molecule has 1 heterocycles. The van der Waals surface area contributed by atoms with Crippen LogP contribution in [0.15, 0.2) is 54.6 Å². The predicted octanol–water partition coefficient (Wildman–Crippen LogP) is 1.80. The number of hydrogen-bond acceptors (Lipinski definition) is 6. The van der Waals surface area contributed by atoms with Crippen LogP contribution in [0.1, 0.15) is 24.8 Å². The van der Waals surface area contributed by atoms with E-state index in [2.05, 4.69) is 36.4 Å². The minimum Gasteiger partial charge on any atom is -0.395 e. The van der Waals surface area contributed by atoms with Gasteiger partial charge in [0.25, 0.3) is 0 Å². The monoisotopic (exact) mass is 415 g/mol. The van der Waals surface area contributed by atoms with Gasteiger partial charge in [-0.25, -0.2) is 0 Å². The third kappa shape index (κ3) is 6.11. The van der Waals surface area contributed by atoms with Crippen molar-refractivity contribution in [2.75, 3.05) is 26.3 Å². The van der Waals surface area contributed by atoms with Crippen molar-refractivity contribution in [3.63, 3.8) is 0 Å². The maximum Gasteiger partial charge on any atom is 0.109 e. The van der Waals surface area contributed by atoms with Crippen LogP contribution in [0.4, 0.5) is 0 Å². The first kappa shape index (κ1) is 22.9. The molecule has 0 aliphatic carbocycles. The molecule has 3 rings (SSSR count). The van der Waals surface area contributed by atoms with E-state index in [9.17, 15) is 20.4 Å². The zero-order valence-electron chi connectivity index (χ0n) is 17.3. The number of rotatable bonds is 10. The maximum atomic E-state index is 10.0. The van der Waals surface area contributed by atoms with Gasteiger partial charge in [-0.05, 0) is 42.5 Å². The van der Waals surface area contributed by atoms with Gasteiger partial charge in [0, 0.05) is 13.2 Å². The van der Waals surface area contributed by atoms with Crippen molar-refractivity contribution in [3.05, 3.63) is 60.2 Å². The quantitative estimate of drug-likeness (QED) is 0.442. The standard InChI is InChI=1S/C24H33NO5/c26-16-21-23(28)24(29)22(27)15-25(21)13-5-2-6-14-30-17-18-9-11-20(12-10-18)19-7-3-1-4-8-19/h1,3-4,7-12,21-24,26-29H,2,5-6,13-17H2/t21-,22+,23-,24?/m1/s1. The van der Waals surface area contributed by atoms with Gasteiger partial charge in [-0.15, -0.1) is 0 Å². The molecular weight excluding hydrogens is 382 g/mol. The maximum absolute atomic E-state index is 10.0. The smallest absolute Gasteiger partial charge is 0.109 e. The van der Waals surface area contributed by atoms with E-state index in [1.165, 1.54) is 11.1 Å². The molecule has 4 atom stereocenters. The van der Waals surface area contributed by atoms with Crippen LogP contribution in [0.5, 0.6) is 0 Å². The molecule has 1 fully saturated rings. The Labute approximate surface area is 178 Å². The highest BCUT2D eigenvalue weighted by Gasteiger charge is 2.40. The van der Waals surface area contributed by atoms with Gasteiger partial charge in [-0.2, -0.15) is 0 Å². The molecule has 0 spiro atoms. The van der Waals surface area contributed by atoms with Crippen LogP contribution >= 0.6 is 0 Å². The molecule has 0 bridgehead atoms. The van der Waals surface area contributed by atoms with Crippen molar-refractivity contribution in [1.29, 1.82) is 0 Å². The van der Waals surface area contributed by atoms with Gasteiger partial charge >= 0.3 is 0 Å². The minimum absolute atomic E-state index is 0.239. The van der Waals surface area contributed by atoms with E-state index in [0.29, 0.717) is 19.8 Å². The number of hydrogen-bond donors (Lipinski definition) is 4. The van der Waals surface area contributed by atoms with Gasteiger partial charge in [0.2, 0.25) is 0 Å². The summed E-state index contributed by atoms with van der Waals surface area (Å²) in [6, 6.07) is 18.2. The Kier molecular flexibility index (Phi) is 8.81. The number of aliphatic hydroxyl groups is 4. The molecule has 1 saturated heterocycles. The summed E-state index contributed by atoms with van der Waals surface area (Å²) in [7, 11) is 0. The number of likely N-dealkylation sites (tertiary alicyclic amines) is 1. The van der Waals surface area contributed by atoms with E-state index in [4.69, 9.17) is 4.74 Å². The first-order valence-electron chi connectivity index (χ1n) is 10.7. The second-order valence-electron chi connectivity index (χ2n) is 7.97. The molecular formula is C24H33NO5. The Morgan fingerprint density at radius 3 is 2.23 bits per heavy atom. The fourth-order valence-electron chi connectivity index (χ4n) is 3.95. The van der Waals surface area contributed by atoms with Crippen molar-refractivity contribution in [2.45, 2.75) is 50.2 Å². The second kappa shape index (κ2) is 11.6. The summed E-state index contributed by atoms with van der Waals surface area (Å²) >= 11 is 0. The van der Waals surface area contributed by atoms with Crippen molar-refractivity contribution in [1.82, 2.24) is 4.90 Å². The van der Waals surface area contributed by atoms with Crippen molar-refractivity contribution < 1.29 is 25.2 Å². The van der Waals surface area contributed by atoms with E-state index in [1.807, 2.05) is 23.1 Å². The Morgan fingerprint density at radius 1 is 0.833 bits per heavy atom. The molecule has 1 aliphatic rings. The number of nitrogens with zero attached hydrogens (tertiary/aromatic N) is 1. The first-order valence-corrected chi connectivity index (χ1v) is 10.7. The average molecular weight is 416 g/mol. The Hall–Kier alpha value is -1.80. The largest absolute Gasteiger partial charge is 0.395 e. The third-order valence-electron chi connectivity index (χ3n) is 5.78. The van der Waals surface area contributed by atoms with Gasteiger partial charge in [0.15, 0.2) is 0 Å². The van der Waals surface area contributed by atoms with Crippen molar-refractivity contribution in [2.24, 2.45) is 0 Å². The van der Waals surface area contributed by atoms with Crippen molar-refractivity contribution >= 4 is 0 Å². The summed E-state index contributed by atoms with van der Waals surface area (Å²) in [6.07, 6.45) is -0.561. The molecule has 0 radical (unpaired) electrons. The molecule has 164 valence electrons. The molecule has 0 aromatic heterocycles. The number of unbranched alkanes of at least 4 members (excludes halogenated alkanes) is 2. The lowest BCUT2D eigenvalue weighted by atomic mass is 9.94. The Bertz CT molecular complexity index is 739. The van der Waals surface area contributed by atoms with Crippen LogP contribution in [0.25, 0.3) is 11.1 Å². The summed E-state index contributed by atoms with van der Waals surface area (Å²) in [5, 5.41) is 39.1. The van der Waals surface area contributed by atoms with E-state index < -0.39 is 24.4 Å². The summed E-state index contributed by atoms with van der Waals surface area (Å²) in [5.74, 6) is 0. The minimum atomic E-state index is -1.20. The molecule has 2 aromatic rings. The lowest BCUT2D eigenvalue weighted by molar-refractivity contribution is -0.145. The van der Waals surface area contributed by atoms with E-state index in [0.717, 1.165) is 24.8 Å². The molecule has 6 heteroatoms. The zero-order chi connectivity index (χ0) is 21.3. The summed E-state index contributed by atoms with van der Waals surface area (Å²) in [5.41, 5.74) is 3.55. The third-order valence-corrected chi connectivity index (χ3v) is 5.78. The number of piperidine rings is 1. The fraction of sp³-hybridized carbons (Fsp3) is 0.500. The average Bonchev–Trinajstić information content (AvgIpc) is 2.78. The Balaban J connectivity index is 1.31. The summed E-state index contributed by atoms with van der Waals surface area (Å²) in [6.45, 7) is 1.95. The summed E-state index contributed by atoms with van der Waals surface area (Å²) in [4.78, 5) is 1.86. The van der Waals surface area contributed by atoms with Gasteiger partial charge in [0.1, 0.15) is 12.2 Å². The molecule has 2 aromatic carbocycles. The normalized spacial score (nSPS) is 24.8. The van der Waals surface area contributed by atoms with E-state index >= 15 is 0 Å². The number of β-amino-alcohol motifs (C(OH)–C–C–N with tert-alkyl or cyclic N) is 1. The van der Waals surface area contributed by atoms with Crippen LogP contribution in [-0.4, -0.2) is 76.0 Å². The SMILES string of the molecule is OC[C@@H]1[C@@H](O)C(O)[C@@H](O)CN1CCCCCOCc1ccc(-c2ccccc2)cc1. The number of ether oxygens (including phenoxy) is 1. The molecule has 4 N–H and O–H groups in total. The highest BCUT2D eigenvalue weighted by atomic mass is 16.5. The molecule has 0 amide bonds. The molecule has 6 nitrogen and oxygen atoms in total. The second-order valence-corrected chi connectivity index (χ2v) is 7.97. The highest BCUT2D eigenvalue weighted by molar-refractivity contribution is 5.63. The lowest BCUT2D eigenvalue weighted by Gasteiger charge is -2.43. The van der Waals surface area contributed by atoms with E-state index in [-0.39, 0.29) is 13.2 Å². The fourth-order valence-corrected chi connectivity index (χ4v) is 3.95.